The fraction of sp³-hybridized carbons (Fsp3) is 0.158. The highest BCUT2D eigenvalue weighted by Gasteiger charge is 2.07. The lowest BCUT2D eigenvalue weighted by Gasteiger charge is -2.11. The Hall–Kier alpha value is -3.86. The third-order valence-electron chi connectivity index (χ3n) is 3.43. The van der Waals surface area contributed by atoms with E-state index in [9.17, 15) is 9.59 Å². The average molecular weight is 367 g/mol. The number of methoxy groups -OCH3 is 1. The van der Waals surface area contributed by atoms with Gasteiger partial charge in [0.15, 0.2) is 11.5 Å². The fourth-order valence-corrected chi connectivity index (χ4v) is 2.08. The topological polar surface area (TPSA) is 121 Å². The smallest absolute Gasteiger partial charge is 0.335 e. The number of hydrazone groups is 1. The normalized spacial score (nSPS) is 10.2. The van der Waals surface area contributed by atoms with E-state index in [0.29, 0.717) is 17.1 Å². The van der Waals surface area contributed by atoms with E-state index in [1.807, 2.05) is 0 Å². The van der Waals surface area contributed by atoms with Gasteiger partial charge in [-0.2, -0.15) is 10.4 Å². The maximum Gasteiger partial charge on any atom is 0.335 e. The van der Waals surface area contributed by atoms with Crippen LogP contribution in [0.15, 0.2) is 47.6 Å². The Labute approximate surface area is 155 Å². The monoisotopic (exact) mass is 367 g/mol. The average Bonchev–Trinajstić information content (AvgIpc) is 2.67. The van der Waals surface area contributed by atoms with Gasteiger partial charge in [0, 0.05) is 0 Å². The summed E-state index contributed by atoms with van der Waals surface area (Å²) < 4.78 is 11.0. The van der Waals surface area contributed by atoms with Crippen molar-refractivity contribution in [3.05, 3.63) is 59.2 Å². The highest BCUT2D eigenvalue weighted by molar-refractivity contribution is 5.87. The van der Waals surface area contributed by atoms with E-state index in [4.69, 9.17) is 19.8 Å². The molecule has 0 aromatic heterocycles. The summed E-state index contributed by atoms with van der Waals surface area (Å²) in [5, 5.41) is 21.1. The Bertz CT molecular complexity index is 885. The van der Waals surface area contributed by atoms with Crippen LogP contribution in [0.5, 0.6) is 11.5 Å². The van der Waals surface area contributed by atoms with Crippen LogP contribution in [-0.2, 0) is 11.4 Å². The maximum atomic E-state index is 11.2. The molecule has 27 heavy (non-hydrogen) atoms. The lowest BCUT2D eigenvalue weighted by Crippen LogP contribution is -2.16. The number of amides is 1. The number of nitriles is 1. The number of hydrogen-bond acceptors (Lipinski definition) is 6. The van der Waals surface area contributed by atoms with Gasteiger partial charge in [0.2, 0.25) is 0 Å². The molecule has 2 rings (SSSR count). The molecule has 2 N–H and O–H groups in total. The van der Waals surface area contributed by atoms with Gasteiger partial charge in [-0.15, -0.1) is 0 Å². The van der Waals surface area contributed by atoms with Gasteiger partial charge in [0.25, 0.3) is 5.91 Å². The molecule has 0 radical (unpaired) electrons. The standard InChI is InChI=1S/C19H17N3O5/c1-26-17-10-14(11-21-22-18(23)8-9-20)4-7-16(17)27-12-13-2-5-15(6-3-13)19(24)25/h2-7,10-11H,8,12H2,1H3,(H,22,23)(H,24,25)/b21-11-. The van der Waals surface area contributed by atoms with Crippen LogP contribution in [-0.4, -0.2) is 30.3 Å². The number of carbonyl (C=O) groups is 2. The molecule has 8 heteroatoms. The summed E-state index contributed by atoms with van der Waals surface area (Å²) in [5.41, 5.74) is 3.93. The minimum atomic E-state index is -0.981. The number of nitrogens with one attached hydrogen (secondary N) is 1. The molecule has 0 spiro atoms. The summed E-state index contributed by atoms with van der Waals surface area (Å²) in [7, 11) is 1.50. The van der Waals surface area contributed by atoms with Crippen LogP contribution in [0, 0.1) is 11.3 Å². The van der Waals surface area contributed by atoms with Crippen molar-refractivity contribution < 1.29 is 24.2 Å². The number of aromatic carboxylic acids is 1. The largest absolute Gasteiger partial charge is 0.493 e. The molecule has 1 amide bonds. The summed E-state index contributed by atoms with van der Waals surface area (Å²) >= 11 is 0. The van der Waals surface area contributed by atoms with Crippen molar-refractivity contribution in [2.75, 3.05) is 7.11 Å². The van der Waals surface area contributed by atoms with Crippen LogP contribution >= 0.6 is 0 Å². The lowest BCUT2D eigenvalue weighted by molar-refractivity contribution is -0.120. The Morgan fingerprint density at radius 1 is 1.22 bits per heavy atom. The molecule has 138 valence electrons. The van der Waals surface area contributed by atoms with Gasteiger partial charge in [0.05, 0.1) is 25.0 Å². The van der Waals surface area contributed by atoms with E-state index in [2.05, 4.69) is 10.5 Å². The van der Waals surface area contributed by atoms with Crippen LogP contribution in [0.1, 0.15) is 27.9 Å². The molecule has 0 fully saturated rings. The number of carbonyl (C=O) groups excluding carboxylic acids is 1. The van der Waals surface area contributed by atoms with Gasteiger partial charge in [-0.25, -0.2) is 10.2 Å². The Balaban J connectivity index is 2.01. The molecule has 0 aliphatic carbocycles. The van der Waals surface area contributed by atoms with Gasteiger partial charge in [-0.05, 0) is 41.5 Å². The SMILES string of the molecule is COc1cc(/C=N\NC(=O)CC#N)ccc1OCc1ccc(C(=O)O)cc1. The van der Waals surface area contributed by atoms with Gasteiger partial charge in [-0.3, -0.25) is 4.79 Å². The Morgan fingerprint density at radius 3 is 2.59 bits per heavy atom. The third kappa shape index (κ3) is 5.86. The van der Waals surface area contributed by atoms with Gasteiger partial charge < -0.3 is 14.6 Å². The summed E-state index contributed by atoms with van der Waals surface area (Å²) in [6.07, 6.45) is 1.16. The van der Waals surface area contributed by atoms with Crippen LogP contribution in [0.2, 0.25) is 0 Å². The zero-order chi connectivity index (χ0) is 19.6. The molecule has 0 aliphatic heterocycles. The van der Waals surface area contributed by atoms with E-state index in [1.165, 1.54) is 25.5 Å². The van der Waals surface area contributed by atoms with E-state index < -0.39 is 11.9 Å². The second-order valence-corrected chi connectivity index (χ2v) is 5.33. The number of ether oxygens (including phenoxy) is 2. The first-order chi connectivity index (χ1) is 13.0. The van der Waals surface area contributed by atoms with Crippen molar-refractivity contribution in [3.63, 3.8) is 0 Å². The second-order valence-electron chi connectivity index (χ2n) is 5.33. The first-order valence-corrected chi connectivity index (χ1v) is 7.85. The highest BCUT2D eigenvalue weighted by atomic mass is 16.5. The van der Waals surface area contributed by atoms with Crippen molar-refractivity contribution in [1.82, 2.24) is 5.43 Å². The van der Waals surface area contributed by atoms with Crippen molar-refractivity contribution in [2.24, 2.45) is 5.10 Å². The van der Waals surface area contributed by atoms with E-state index in [1.54, 1.807) is 36.4 Å². The first-order valence-electron chi connectivity index (χ1n) is 7.85. The Kier molecular flexibility index (Phi) is 6.91. The molecule has 0 bridgehead atoms. The van der Waals surface area contributed by atoms with Crippen molar-refractivity contribution in [1.29, 1.82) is 5.26 Å². The van der Waals surface area contributed by atoms with E-state index in [-0.39, 0.29) is 18.6 Å². The number of hydrogen-bond donors (Lipinski definition) is 2. The van der Waals surface area contributed by atoms with Crippen molar-refractivity contribution in [2.45, 2.75) is 13.0 Å². The number of carboxylic acid groups (broad SMARTS) is 1. The van der Waals surface area contributed by atoms with Gasteiger partial charge in [-0.1, -0.05) is 12.1 Å². The molecular weight excluding hydrogens is 350 g/mol. The summed E-state index contributed by atoms with van der Waals surface area (Å²) in [6, 6.07) is 13.2. The van der Waals surface area contributed by atoms with E-state index in [0.717, 1.165) is 5.56 Å². The molecule has 0 saturated carbocycles. The molecule has 0 unspecified atom stereocenters. The van der Waals surface area contributed by atoms with Crippen molar-refractivity contribution in [3.8, 4) is 17.6 Å². The summed E-state index contributed by atoms with van der Waals surface area (Å²) in [4.78, 5) is 22.0. The molecule has 2 aromatic rings. The molecule has 0 aliphatic rings. The quantitative estimate of drug-likeness (QED) is 0.546. The number of rotatable bonds is 8. The number of benzene rings is 2. The fourth-order valence-electron chi connectivity index (χ4n) is 2.08. The summed E-state index contributed by atoms with van der Waals surface area (Å²) in [5.74, 6) is -0.491. The maximum absolute atomic E-state index is 11.2. The Morgan fingerprint density at radius 2 is 1.96 bits per heavy atom. The molecule has 0 saturated heterocycles. The molecule has 0 atom stereocenters. The van der Waals surface area contributed by atoms with Crippen LogP contribution in [0.4, 0.5) is 0 Å². The predicted molar refractivity (Wildman–Crippen MR) is 96.7 cm³/mol. The van der Waals surface area contributed by atoms with Gasteiger partial charge >= 0.3 is 5.97 Å². The van der Waals surface area contributed by atoms with Crippen molar-refractivity contribution >= 4 is 18.1 Å². The van der Waals surface area contributed by atoms with Crippen LogP contribution in [0.25, 0.3) is 0 Å². The molecule has 8 nitrogen and oxygen atoms in total. The minimum Gasteiger partial charge on any atom is -0.493 e. The third-order valence-corrected chi connectivity index (χ3v) is 3.43. The minimum absolute atomic E-state index is 0.210. The van der Waals surface area contributed by atoms with Crippen LogP contribution in [0.3, 0.4) is 0 Å². The number of nitrogens with zero attached hydrogens (tertiary/aromatic N) is 2. The zero-order valence-corrected chi connectivity index (χ0v) is 14.5. The molecule has 0 heterocycles. The first kappa shape index (κ1) is 19.5. The van der Waals surface area contributed by atoms with Gasteiger partial charge in [0.1, 0.15) is 13.0 Å². The predicted octanol–water partition coefficient (Wildman–Crippen LogP) is 2.34. The van der Waals surface area contributed by atoms with Crippen LogP contribution < -0.4 is 14.9 Å². The summed E-state index contributed by atoms with van der Waals surface area (Å²) in [6.45, 7) is 0.244. The lowest BCUT2D eigenvalue weighted by atomic mass is 10.1. The van der Waals surface area contributed by atoms with E-state index >= 15 is 0 Å². The molecule has 2 aromatic carbocycles. The number of carboxylic acids is 1. The molecular formula is C19H17N3O5. The second kappa shape index (κ2) is 9.58. The zero-order valence-electron chi connectivity index (χ0n) is 14.5. The highest BCUT2D eigenvalue weighted by Crippen LogP contribution is 2.28.